The van der Waals surface area contributed by atoms with Gasteiger partial charge >= 0.3 is 6.18 Å². The Morgan fingerprint density at radius 3 is 2.35 bits per heavy atom. The lowest BCUT2D eigenvalue weighted by Crippen LogP contribution is -2.32. The van der Waals surface area contributed by atoms with Crippen molar-refractivity contribution >= 4 is 0 Å². The molecule has 0 aromatic heterocycles. The van der Waals surface area contributed by atoms with E-state index in [-0.39, 0.29) is 5.56 Å². The number of nitrogens with two attached hydrogens (primary N) is 1. The van der Waals surface area contributed by atoms with Crippen LogP contribution in [-0.2, 0) is 6.18 Å². The average molecular weight is 253 g/mol. The maximum Gasteiger partial charge on any atom is 0.419 e. The summed E-state index contributed by atoms with van der Waals surface area (Å²) in [5.74, 6) is -1.42. The lowest BCUT2D eigenvalue weighted by Gasteiger charge is -2.18. The van der Waals surface area contributed by atoms with E-state index in [9.17, 15) is 22.7 Å². The third kappa shape index (κ3) is 3.15. The number of rotatable bonds is 3. The maximum absolute atomic E-state index is 12.9. The minimum atomic E-state index is -4.84. The van der Waals surface area contributed by atoms with Gasteiger partial charge in [-0.2, -0.15) is 13.2 Å². The number of aliphatic hydroxyl groups is 2. The molecule has 0 heterocycles. The topological polar surface area (TPSA) is 66.5 Å². The first kappa shape index (κ1) is 13.9. The Balaban J connectivity index is 3.13. The second-order valence-corrected chi connectivity index (χ2v) is 3.53. The summed E-state index contributed by atoms with van der Waals surface area (Å²) in [6.45, 7) is -0.597. The Hall–Kier alpha value is -1.18. The highest BCUT2D eigenvalue weighted by Gasteiger charge is 2.35. The molecule has 0 aliphatic carbocycles. The first-order chi connectivity index (χ1) is 7.77. The highest BCUT2D eigenvalue weighted by atomic mass is 19.4. The van der Waals surface area contributed by atoms with Crippen LogP contribution in [0.25, 0.3) is 0 Å². The molecule has 0 saturated carbocycles. The standard InChI is InChI=1S/C10H11F4NO2/c11-7-2-1-5(9(17)8(15)4-16)3-6(7)10(12,13)14/h1-3,8-9,16-17H,4,15H2. The highest BCUT2D eigenvalue weighted by Crippen LogP contribution is 2.33. The molecule has 3 nitrogen and oxygen atoms in total. The van der Waals surface area contributed by atoms with Crippen molar-refractivity contribution in [1.82, 2.24) is 0 Å². The third-order valence-electron chi connectivity index (χ3n) is 2.25. The number of aliphatic hydroxyl groups excluding tert-OH is 2. The van der Waals surface area contributed by atoms with Gasteiger partial charge in [-0.25, -0.2) is 4.39 Å². The molecule has 1 aromatic rings. The highest BCUT2D eigenvalue weighted by molar-refractivity contribution is 5.29. The summed E-state index contributed by atoms with van der Waals surface area (Å²) in [6, 6.07) is 0.952. The van der Waals surface area contributed by atoms with Crippen LogP contribution in [0, 0.1) is 5.82 Å². The van der Waals surface area contributed by atoms with Crippen LogP contribution in [0.15, 0.2) is 18.2 Å². The van der Waals surface area contributed by atoms with Crippen LogP contribution in [0.4, 0.5) is 17.6 Å². The van der Waals surface area contributed by atoms with Gasteiger partial charge in [0.2, 0.25) is 0 Å². The average Bonchev–Trinajstić information content (AvgIpc) is 2.26. The molecule has 0 amide bonds. The van der Waals surface area contributed by atoms with Crippen LogP contribution in [-0.4, -0.2) is 22.9 Å². The van der Waals surface area contributed by atoms with Crippen LogP contribution in [0.2, 0.25) is 0 Å². The normalized spacial score (nSPS) is 15.7. The van der Waals surface area contributed by atoms with E-state index < -0.39 is 36.3 Å². The van der Waals surface area contributed by atoms with E-state index in [1.54, 1.807) is 0 Å². The summed E-state index contributed by atoms with van der Waals surface area (Å²) in [7, 11) is 0. The second kappa shape index (κ2) is 4.99. The van der Waals surface area contributed by atoms with Crippen molar-refractivity contribution in [3.63, 3.8) is 0 Å². The second-order valence-electron chi connectivity index (χ2n) is 3.53. The van der Waals surface area contributed by atoms with E-state index in [4.69, 9.17) is 10.8 Å². The first-order valence-corrected chi connectivity index (χ1v) is 4.68. The SMILES string of the molecule is NC(CO)C(O)c1ccc(F)c(C(F)(F)F)c1. The molecule has 0 spiro atoms. The van der Waals surface area contributed by atoms with Gasteiger partial charge in [-0.15, -0.1) is 0 Å². The molecule has 17 heavy (non-hydrogen) atoms. The van der Waals surface area contributed by atoms with Crippen molar-refractivity contribution < 1.29 is 27.8 Å². The largest absolute Gasteiger partial charge is 0.419 e. The van der Waals surface area contributed by atoms with Crippen LogP contribution < -0.4 is 5.73 Å². The molecule has 0 aliphatic rings. The van der Waals surface area contributed by atoms with Gasteiger partial charge in [-0.1, -0.05) is 6.07 Å². The molecule has 7 heteroatoms. The fourth-order valence-corrected chi connectivity index (χ4v) is 1.29. The van der Waals surface area contributed by atoms with Gasteiger partial charge in [-0.05, 0) is 17.7 Å². The zero-order valence-electron chi connectivity index (χ0n) is 8.58. The molecule has 1 aromatic carbocycles. The van der Waals surface area contributed by atoms with E-state index in [1.807, 2.05) is 0 Å². The van der Waals surface area contributed by atoms with Crippen LogP contribution in [0.5, 0.6) is 0 Å². The molecule has 2 atom stereocenters. The number of halogens is 4. The van der Waals surface area contributed by atoms with Crippen molar-refractivity contribution in [3.05, 3.63) is 35.1 Å². The lowest BCUT2D eigenvalue weighted by molar-refractivity contribution is -0.140. The minimum absolute atomic E-state index is 0.194. The van der Waals surface area contributed by atoms with Gasteiger partial charge in [0.1, 0.15) is 5.82 Å². The van der Waals surface area contributed by atoms with Crippen LogP contribution >= 0.6 is 0 Å². The zero-order valence-corrected chi connectivity index (χ0v) is 8.58. The third-order valence-corrected chi connectivity index (χ3v) is 2.25. The maximum atomic E-state index is 12.9. The Kier molecular flexibility index (Phi) is 4.07. The van der Waals surface area contributed by atoms with Gasteiger partial charge in [0.15, 0.2) is 0 Å². The molecule has 0 saturated heterocycles. The number of benzene rings is 1. The Morgan fingerprint density at radius 2 is 1.88 bits per heavy atom. The molecular weight excluding hydrogens is 242 g/mol. The van der Waals surface area contributed by atoms with E-state index >= 15 is 0 Å². The predicted octanol–water partition coefficient (Wildman–Crippen LogP) is 1.20. The summed E-state index contributed by atoms with van der Waals surface area (Å²) in [5, 5.41) is 18.2. The Bertz CT molecular complexity index is 394. The van der Waals surface area contributed by atoms with Crippen LogP contribution in [0.1, 0.15) is 17.2 Å². The molecular formula is C10H11F4NO2. The molecule has 0 fully saturated rings. The van der Waals surface area contributed by atoms with E-state index in [1.165, 1.54) is 0 Å². The van der Waals surface area contributed by atoms with Crippen molar-refractivity contribution in [2.45, 2.75) is 18.3 Å². The zero-order chi connectivity index (χ0) is 13.2. The minimum Gasteiger partial charge on any atom is -0.395 e. The monoisotopic (exact) mass is 253 g/mol. The van der Waals surface area contributed by atoms with Gasteiger partial charge in [-0.3, -0.25) is 0 Å². The molecule has 2 unspecified atom stereocenters. The van der Waals surface area contributed by atoms with E-state index in [0.29, 0.717) is 12.1 Å². The molecule has 96 valence electrons. The van der Waals surface area contributed by atoms with Gasteiger partial charge < -0.3 is 15.9 Å². The molecule has 4 N–H and O–H groups in total. The summed E-state index contributed by atoms with van der Waals surface area (Å²) in [4.78, 5) is 0. The van der Waals surface area contributed by atoms with Crippen molar-refractivity contribution in [3.8, 4) is 0 Å². The smallest absolute Gasteiger partial charge is 0.395 e. The molecule has 0 bridgehead atoms. The summed E-state index contributed by atoms with van der Waals surface area (Å²) in [5.41, 5.74) is 3.60. The molecule has 0 aliphatic heterocycles. The first-order valence-electron chi connectivity index (χ1n) is 4.68. The predicted molar refractivity (Wildman–Crippen MR) is 51.4 cm³/mol. The quantitative estimate of drug-likeness (QED) is 0.709. The van der Waals surface area contributed by atoms with Crippen molar-refractivity contribution in [2.75, 3.05) is 6.61 Å². The fourth-order valence-electron chi connectivity index (χ4n) is 1.29. The Labute approximate surface area is 94.5 Å². The molecule has 1 rings (SSSR count). The van der Waals surface area contributed by atoms with E-state index in [0.717, 1.165) is 6.07 Å². The molecule has 0 radical (unpaired) electrons. The number of hydrogen-bond acceptors (Lipinski definition) is 3. The Morgan fingerprint density at radius 1 is 1.29 bits per heavy atom. The van der Waals surface area contributed by atoms with E-state index in [2.05, 4.69) is 0 Å². The summed E-state index contributed by atoms with van der Waals surface area (Å²) < 4.78 is 50.0. The number of alkyl halides is 3. The van der Waals surface area contributed by atoms with Gasteiger partial charge in [0.25, 0.3) is 0 Å². The number of hydrogen-bond donors (Lipinski definition) is 3. The van der Waals surface area contributed by atoms with Crippen molar-refractivity contribution in [1.29, 1.82) is 0 Å². The summed E-state index contributed by atoms with van der Waals surface area (Å²) in [6.07, 6.45) is -6.33. The van der Waals surface area contributed by atoms with Gasteiger partial charge in [0.05, 0.1) is 24.3 Å². The van der Waals surface area contributed by atoms with Crippen molar-refractivity contribution in [2.24, 2.45) is 5.73 Å². The fraction of sp³-hybridized carbons (Fsp3) is 0.400. The van der Waals surface area contributed by atoms with Gasteiger partial charge in [0, 0.05) is 0 Å². The lowest BCUT2D eigenvalue weighted by atomic mass is 10.0. The summed E-state index contributed by atoms with van der Waals surface area (Å²) >= 11 is 0. The van der Waals surface area contributed by atoms with Crippen LogP contribution in [0.3, 0.4) is 0 Å².